The van der Waals surface area contributed by atoms with Gasteiger partial charge < -0.3 is 71.5 Å². The van der Waals surface area contributed by atoms with Crippen LogP contribution in [0.15, 0.2) is 0 Å². The SMILES string of the molecule is CCCCCCCCCOC(=O)OCCOC(=O)CCN(CCCN(C)CCCN(CCC(=O)OCCOC(=O)OCCCCCCCCC)CCC(=O)OCCOC(=O)OCCCCCCCCC)CCC(=O)OCCOC(=O)OCCCCCCCCC. The lowest BCUT2D eigenvalue weighted by atomic mass is 10.1. The second kappa shape index (κ2) is 65.3. The third kappa shape index (κ3) is 61.7. The summed E-state index contributed by atoms with van der Waals surface area (Å²) in [4.78, 5) is 105. The fourth-order valence-corrected chi connectivity index (χ4v) is 9.34. The molecular formula is C67H123N3O20. The molecule has 526 valence electrons. The van der Waals surface area contributed by atoms with Crippen LogP contribution < -0.4 is 0 Å². The molecule has 0 aromatic carbocycles. The first-order chi connectivity index (χ1) is 43.8. The molecule has 23 nitrogen and oxygen atoms in total. The van der Waals surface area contributed by atoms with Crippen molar-refractivity contribution in [1.82, 2.24) is 14.7 Å². The summed E-state index contributed by atoms with van der Waals surface area (Å²) < 4.78 is 62.1. The van der Waals surface area contributed by atoms with E-state index < -0.39 is 48.5 Å². The number of hydrogen-bond donors (Lipinski definition) is 0. The van der Waals surface area contributed by atoms with Gasteiger partial charge in [0, 0.05) is 26.2 Å². The molecule has 0 radical (unpaired) electrons. The number of rotatable bonds is 64. The van der Waals surface area contributed by atoms with Crippen molar-refractivity contribution in [3.05, 3.63) is 0 Å². The van der Waals surface area contributed by atoms with E-state index in [0.717, 1.165) is 77.0 Å². The Labute approximate surface area is 541 Å². The summed E-state index contributed by atoms with van der Waals surface area (Å²) in [6.07, 6.45) is 28.7. The predicted molar refractivity (Wildman–Crippen MR) is 343 cm³/mol. The van der Waals surface area contributed by atoms with Crippen molar-refractivity contribution in [1.29, 1.82) is 0 Å². The average Bonchev–Trinajstić information content (AvgIpc) is 3.73. The number of carbonyl (C=O) groups is 8. The number of esters is 4. The molecule has 0 aromatic rings. The van der Waals surface area contributed by atoms with Crippen molar-refractivity contribution in [3.63, 3.8) is 0 Å². The van der Waals surface area contributed by atoms with Crippen molar-refractivity contribution < 1.29 is 95.2 Å². The van der Waals surface area contributed by atoms with Gasteiger partial charge in [0.2, 0.25) is 0 Å². The van der Waals surface area contributed by atoms with Gasteiger partial charge in [-0.3, -0.25) is 19.2 Å². The Balaban J connectivity index is 5.30. The van der Waals surface area contributed by atoms with Gasteiger partial charge in [-0.05, 0) is 71.8 Å². The summed E-state index contributed by atoms with van der Waals surface area (Å²) in [5.74, 6) is -1.99. The van der Waals surface area contributed by atoms with E-state index in [9.17, 15) is 38.4 Å². The summed E-state index contributed by atoms with van der Waals surface area (Å²) in [6, 6.07) is 0. The van der Waals surface area contributed by atoms with Gasteiger partial charge in [-0.25, -0.2) is 19.2 Å². The largest absolute Gasteiger partial charge is 0.508 e. The van der Waals surface area contributed by atoms with Crippen LogP contribution in [0, 0.1) is 0 Å². The maximum absolute atomic E-state index is 12.8. The smallest absolute Gasteiger partial charge is 0.462 e. The second-order valence-corrected chi connectivity index (χ2v) is 22.8. The van der Waals surface area contributed by atoms with Crippen LogP contribution in [-0.4, -0.2) is 202 Å². The number of unbranched alkanes of at least 4 members (excludes halogenated alkanes) is 24. The van der Waals surface area contributed by atoms with E-state index in [1.807, 2.05) is 16.8 Å². The molecule has 0 unspecified atom stereocenters. The van der Waals surface area contributed by atoms with Crippen LogP contribution in [0.2, 0.25) is 0 Å². The van der Waals surface area contributed by atoms with E-state index in [4.69, 9.17) is 56.8 Å². The monoisotopic (exact) mass is 1290 g/mol. The topological polar surface area (TPSA) is 257 Å². The molecule has 0 atom stereocenters. The molecule has 0 rings (SSSR count). The van der Waals surface area contributed by atoms with Gasteiger partial charge in [0.05, 0.1) is 52.1 Å². The van der Waals surface area contributed by atoms with Gasteiger partial charge in [0.15, 0.2) is 0 Å². The molecule has 0 fully saturated rings. The van der Waals surface area contributed by atoms with Crippen LogP contribution >= 0.6 is 0 Å². The molecule has 90 heavy (non-hydrogen) atoms. The summed E-state index contributed by atoms with van der Waals surface area (Å²) in [5.41, 5.74) is 0. The summed E-state index contributed by atoms with van der Waals surface area (Å²) in [5, 5.41) is 0. The minimum Gasteiger partial charge on any atom is -0.462 e. The zero-order valence-corrected chi connectivity index (χ0v) is 56.7. The third-order valence-electron chi connectivity index (χ3n) is 14.7. The van der Waals surface area contributed by atoms with E-state index >= 15 is 0 Å². The Morgan fingerprint density at radius 1 is 0.211 bits per heavy atom. The van der Waals surface area contributed by atoms with E-state index in [1.165, 1.54) is 103 Å². The maximum Gasteiger partial charge on any atom is 0.508 e. The van der Waals surface area contributed by atoms with Crippen molar-refractivity contribution in [2.45, 2.75) is 246 Å². The molecule has 0 N–H and O–H groups in total. The Hall–Kier alpha value is -5.16. The maximum atomic E-state index is 12.8. The minimum atomic E-state index is -0.805. The Bertz CT molecular complexity index is 1530. The van der Waals surface area contributed by atoms with Crippen molar-refractivity contribution >= 4 is 48.5 Å². The lowest BCUT2D eigenvalue weighted by Gasteiger charge is -2.25. The fraction of sp³-hybridized carbons (Fsp3) is 0.881. The van der Waals surface area contributed by atoms with Crippen molar-refractivity contribution in [2.75, 3.05) is 139 Å². The molecule has 0 aromatic heterocycles. The molecule has 0 aliphatic rings. The molecule has 0 saturated carbocycles. The highest BCUT2D eigenvalue weighted by atomic mass is 16.7. The van der Waals surface area contributed by atoms with Crippen molar-refractivity contribution in [2.24, 2.45) is 0 Å². The number of carbonyl (C=O) groups excluding carboxylic acids is 8. The van der Waals surface area contributed by atoms with Gasteiger partial charge in [0.25, 0.3) is 0 Å². The highest BCUT2D eigenvalue weighted by Gasteiger charge is 2.17. The first-order valence-electron chi connectivity index (χ1n) is 34.8. The van der Waals surface area contributed by atoms with E-state index in [0.29, 0.717) is 39.0 Å². The molecule has 0 saturated heterocycles. The van der Waals surface area contributed by atoms with Crippen LogP contribution in [0.3, 0.4) is 0 Å². The standard InChI is InChI=1S/C67H123N3O20/c1-6-10-14-18-22-26-30-48-83-64(75)87-56-52-79-60(71)36-44-69(45-37-61(72)80-53-57-88-65(76)84-49-31-27-23-19-15-11-7-2)42-34-40-68(5)41-35-43-70(46-38-62(73)81-54-58-89-66(77)85-50-32-28-24-20-16-12-8-3)47-39-63(74)82-55-59-90-67(78)86-51-33-29-25-21-17-13-9-4/h6-59H2,1-5H3. The minimum absolute atomic E-state index is 0.0168. The van der Waals surface area contributed by atoms with Crippen LogP contribution in [0.5, 0.6) is 0 Å². The Morgan fingerprint density at radius 2 is 0.400 bits per heavy atom. The number of ether oxygens (including phenoxy) is 12. The van der Waals surface area contributed by atoms with Crippen molar-refractivity contribution in [3.8, 4) is 0 Å². The summed E-state index contributed by atoms with van der Waals surface area (Å²) >= 11 is 0. The molecule has 0 aliphatic heterocycles. The van der Waals surface area contributed by atoms with Crippen LogP contribution in [0.1, 0.15) is 246 Å². The summed E-state index contributed by atoms with van der Waals surface area (Å²) in [7, 11) is 1.97. The zero-order chi connectivity index (χ0) is 66.0. The lowest BCUT2D eigenvalue weighted by molar-refractivity contribution is -0.147. The van der Waals surface area contributed by atoms with Crippen LogP contribution in [-0.2, 0) is 76.0 Å². The Kier molecular flexibility index (Phi) is 61.6. The van der Waals surface area contributed by atoms with E-state index in [-0.39, 0.29) is 131 Å². The number of hydrogen-bond acceptors (Lipinski definition) is 23. The zero-order valence-electron chi connectivity index (χ0n) is 56.7. The molecule has 0 bridgehead atoms. The molecule has 0 aliphatic carbocycles. The van der Waals surface area contributed by atoms with E-state index in [1.54, 1.807) is 0 Å². The highest BCUT2D eigenvalue weighted by Crippen LogP contribution is 2.12. The quantitative estimate of drug-likeness (QED) is 0.0311. The predicted octanol–water partition coefficient (Wildman–Crippen LogP) is 13.7. The third-order valence-corrected chi connectivity index (χ3v) is 14.7. The molecule has 23 heteroatoms. The molecule has 0 amide bonds. The fourth-order valence-electron chi connectivity index (χ4n) is 9.34. The molecule has 0 heterocycles. The Morgan fingerprint density at radius 3 is 0.622 bits per heavy atom. The normalized spacial score (nSPS) is 11.1. The molecule has 0 spiro atoms. The van der Waals surface area contributed by atoms with E-state index in [2.05, 4.69) is 32.6 Å². The summed E-state index contributed by atoms with van der Waals surface area (Å²) in [6.45, 7) is 12.2. The van der Waals surface area contributed by atoms with Gasteiger partial charge in [0.1, 0.15) is 52.9 Å². The number of nitrogens with zero attached hydrogens (tertiary/aromatic N) is 3. The highest BCUT2D eigenvalue weighted by molar-refractivity contribution is 5.71. The lowest BCUT2D eigenvalue weighted by Crippen LogP contribution is -2.34. The first kappa shape index (κ1) is 84.8. The van der Waals surface area contributed by atoms with Gasteiger partial charge in [-0.2, -0.15) is 0 Å². The van der Waals surface area contributed by atoms with Gasteiger partial charge in [-0.1, -0.05) is 182 Å². The average molecular weight is 1290 g/mol. The molecular weight excluding hydrogens is 1170 g/mol. The van der Waals surface area contributed by atoms with Gasteiger partial charge in [-0.15, -0.1) is 0 Å². The van der Waals surface area contributed by atoms with Gasteiger partial charge >= 0.3 is 48.5 Å². The van der Waals surface area contributed by atoms with Crippen LogP contribution in [0.25, 0.3) is 0 Å². The van der Waals surface area contributed by atoms with Crippen LogP contribution in [0.4, 0.5) is 19.2 Å². The first-order valence-corrected chi connectivity index (χ1v) is 34.8. The second-order valence-electron chi connectivity index (χ2n) is 22.8.